The third-order valence-electron chi connectivity index (χ3n) is 4.68. The molecule has 6 heteroatoms. The van der Waals surface area contributed by atoms with Crippen LogP contribution in [0.25, 0.3) is 0 Å². The zero-order chi connectivity index (χ0) is 14.1. The van der Waals surface area contributed by atoms with Crippen LogP contribution in [0.4, 0.5) is 5.69 Å². The molecule has 2 fully saturated rings. The molecule has 1 heterocycles. The van der Waals surface area contributed by atoms with E-state index in [0.717, 1.165) is 18.4 Å². The number of hydrogen-bond donors (Lipinski definition) is 3. The molecule has 0 amide bonds. The van der Waals surface area contributed by atoms with E-state index in [-0.39, 0.29) is 16.7 Å². The molecule has 4 unspecified atom stereocenters. The summed E-state index contributed by atoms with van der Waals surface area (Å²) in [7, 11) is 0. The zero-order valence-electron chi connectivity index (χ0n) is 11.3. The first-order chi connectivity index (χ1) is 9.72. The Morgan fingerprint density at radius 3 is 2.85 bits per heavy atom. The van der Waals surface area contributed by atoms with Crippen molar-refractivity contribution in [3.05, 3.63) is 39.9 Å². The Hall–Kier alpha value is -1.50. The summed E-state index contributed by atoms with van der Waals surface area (Å²) >= 11 is 0. The molecule has 0 bridgehead atoms. The van der Waals surface area contributed by atoms with Crippen LogP contribution >= 0.6 is 0 Å². The normalized spacial score (nSPS) is 32.9. The molecule has 0 radical (unpaired) electrons. The number of benzene rings is 1. The molecule has 3 rings (SSSR count). The number of fused-ring (bicyclic) bond motifs is 1. The van der Waals surface area contributed by atoms with E-state index in [1.54, 1.807) is 12.1 Å². The minimum atomic E-state index is -0.301. The lowest BCUT2D eigenvalue weighted by molar-refractivity contribution is -0.385. The van der Waals surface area contributed by atoms with Crippen LogP contribution in [0.15, 0.2) is 24.3 Å². The monoisotopic (exact) mass is 276 g/mol. The summed E-state index contributed by atoms with van der Waals surface area (Å²) in [5, 5.41) is 11.2. The number of nitrogens with two attached hydrogens (primary N) is 1. The third kappa shape index (κ3) is 2.19. The van der Waals surface area contributed by atoms with Crippen molar-refractivity contribution in [2.45, 2.75) is 31.3 Å². The lowest BCUT2D eigenvalue weighted by atomic mass is 9.72. The van der Waals surface area contributed by atoms with Gasteiger partial charge in [0.2, 0.25) is 0 Å². The van der Waals surface area contributed by atoms with Crippen LogP contribution in [0.2, 0.25) is 0 Å². The molecule has 1 aromatic carbocycles. The molecule has 108 valence electrons. The van der Waals surface area contributed by atoms with Crippen molar-refractivity contribution >= 4 is 5.69 Å². The summed E-state index contributed by atoms with van der Waals surface area (Å²) in [4.78, 5) is 10.9. The average molecular weight is 276 g/mol. The Kier molecular flexibility index (Phi) is 3.69. The minimum Gasteiger partial charge on any atom is -0.330 e. The highest BCUT2D eigenvalue weighted by atomic mass is 16.6. The molecule has 1 aromatic rings. The summed E-state index contributed by atoms with van der Waals surface area (Å²) in [5.41, 5.74) is 13.4. The molecule has 1 aliphatic carbocycles. The van der Waals surface area contributed by atoms with Crippen LogP contribution in [-0.4, -0.2) is 17.5 Å². The summed E-state index contributed by atoms with van der Waals surface area (Å²) in [6.07, 6.45) is 3.38. The van der Waals surface area contributed by atoms with Crippen LogP contribution in [0.1, 0.15) is 30.9 Å². The summed E-state index contributed by atoms with van der Waals surface area (Å²) in [6.45, 7) is 0.641. The highest BCUT2D eigenvalue weighted by Crippen LogP contribution is 2.43. The summed E-state index contributed by atoms with van der Waals surface area (Å²) < 4.78 is 0. The van der Waals surface area contributed by atoms with Crippen LogP contribution < -0.4 is 16.6 Å². The fraction of sp³-hybridized carbons (Fsp3) is 0.571. The van der Waals surface area contributed by atoms with Gasteiger partial charge in [0.25, 0.3) is 5.69 Å². The number of nitrogens with one attached hydrogen (secondary N) is 2. The lowest BCUT2D eigenvalue weighted by Gasteiger charge is -2.34. The van der Waals surface area contributed by atoms with Crippen molar-refractivity contribution in [2.24, 2.45) is 17.6 Å². The van der Waals surface area contributed by atoms with E-state index < -0.39 is 0 Å². The topological polar surface area (TPSA) is 93.2 Å². The van der Waals surface area contributed by atoms with Crippen LogP contribution in [0, 0.1) is 22.0 Å². The maximum absolute atomic E-state index is 11.2. The highest BCUT2D eigenvalue weighted by molar-refractivity contribution is 5.43. The molecular weight excluding hydrogens is 256 g/mol. The molecule has 2 aliphatic rings. The Bertz CT molecular complexity index is 508. The second-order valence-corrected chi connectivity index (χ2v) is 5.69. The molecule has 0 spiro atoms. The van der Waals surface area contributed by atoms with E-state index in [1.165, 1.54) is 6.42 Å². The zero-order valence-corrected chi connectivity index (χ0v) is 11.3. The second-order valence-electron chi connectivity index (χ2n) is 5.69. The molecule has 4 atom stereocenters. The maximum Gasteiger partial charge on any atom is 0.274 e. The van der Waals surface area contributed by atoms with Crippen LogP contribution in [0.3, 0.4) is 0 Å². The fourth-order valence-electron chi connectivity index (χ4n) is 3.76. The second kappa shape index (κ2) is 5.47. The molecular formula is C14H20N4O2. The Morgan fingerprint density at radius 2 is 2.10 bits per heavy atom. The SMILES string of the molecule is NCC1CCCC2NNC(c3ccccc3[N+](=O)[O-])C12. The molecule has 6 nitrogen and oxygen atoms in total. The van der Waals surface area contributed by atoms with E-state index in [2.05, 4.69) is 10.9 Å². The van der Waals surface area contributed by atoms with Gasteiger partial charge >= 0.3 is 0 Å². The fourth-order valence-corrected chi connectivity index (χ4v) is 3.76. The van der Waals surface area contributed by atoms with E-state index in [4.69, 9.17) is 5.73 Å². The van der Waals surface area contributed by atoms with E-state index in [1.807, 2.05) is 12.1 Å². The molecule has 20 heavy (non-hydrogen) atoms. The summed E-state index contributed by atoms with van der Waals surface area (Å²) in [5.74, 6) is 0.746. The van der Waals surface area contributed by atoms with Gasteiger partial charge in [0.05, 0.1) is 11.0 Å². The first-order valence-corrected chi connectivity index (χ1v) is 7.17. The Morgan fingerprint density at radius 1 is 1.30 bits per heavy atom. The highest BCUT2D eigenvalue weighted by Gasteiger charge is 2.44. The standard InChI is InChI=1S/C14H20N4O2/c15-8-9-4-3-6-11-13(9)14(17-16-11)10-5-1-2-7-12(10)18(19)20/h1-2,5,7,9,11,13-14,16-17H,3-4,6,8,15H2. The minimum absolute atomic E-state index is 0.0320. The van der Waals surface area contributed by atoms with E-state index >= 15 is 0 Å². The van der Waals surface area contributed by atoms with Crippen LogP contribution in [-0.2, 0) is 0 Å². The largest absolute Gasteiger partial charge is 0.330 e. The average Bonchev–Trinajstić information content (AvgIpc) is 2.91. The van der Waals surface area contributed by atoms with Gasteiger partial charge in [0.15, 0.2) is 0 Å². The van der Waals surface area contributed by atoms with Gasteiger partial charge in [-0.15, -0.1) is 0 Å². The van der Waals surface area contributed by atoms with Crippen molar-refractivity contribution in [1.82, 2.24) is 10.9 Å². The van der Waals surface area contributed by atoms with Gasteiger partial charge in [-0.25, -0.2) is 5.43 Å². The smallest absolute Gasteiger partial charge is 0.274 e. The number of nitrogens with zero attached hydrogens (tertiary/aromatic N) is 1. The van der Waals surface area contributed by atoms with Gasteiger partial charge < -0.3 is 5.73 Å². The van der Waals surface area contributed by atoms with Crippen LogP contribution in [0.5, 0.6) is 0 Å². The van der Waals surface area contributed by atoms with E-state index in [9.17, 15) is 10.1 Å². The first-order valence-electron chi connectivity index (χ1n) is 7.17. The number of rotatable bonds is 3. The van der Waals surface area contributed by atoms with Gasteiger partial charge in [-0.3, -0.25) is 15.5 Å². The van der Waals surface area contributed by atoms with Crippen molar-refractivity contribution in [3.8, 4) is 0 Å². The number of nitro benzene ring substituents is 1. The van der Waals surface area contributed by atoms with Crippen molar-refractivity contribution in [3.63, 3.8) is 0 Å². The third-order valence-corrected chi connectivity index (χ3v) is 4.68. The molecule has 1 aliphatic heterocycles. The van der Waals surface area contributed by atoms with Crippen molar-refractivity contribution < 1.29 is 4.92 Å². The Balaban J connectivity index is 1.96. The van der Waals surface area contributed by atoms with Crippen molar-refractivity contribution in [2.75, 3.05) is 6.54 Å². The molecule has 1 saturated heterocycles. The maximum atomic E-state index is 11.2. The quantitative estimate of drug-likeness (QED) is 0.574. The molecule has 1 saturated carbocycles. The van der Waals surface area contributed by atoms with Gasteiger partial charge in [-0.2, -0.15) is 0 Å². The first kappa shape index (κ1) is 13.5. The Labute approximate surface area is 117 Å². The van der Waals surface area contributed by atoms with Gasteiger partial charge in [0.1, 0.15) is 0 Å². The predicted molar refractivity (Wildman–Crippen MR) is 75.8 cm³/mol. The number of hydrogen-bond acceptors (Lipinski definition) is 5. The number of hydrazine groups is 1. The molecule has 4 N–H and O–H groups in total. The summed E-state index contributed by atoms with van der Waals surface area (Å²) in [6, 6.07) is 7.32. The van der Waals surface area contributed by atoms with Crippen molar-refractivity contribution in [1.29, 1.82) is 0 Å². The number of nitro groups is 1. The van der Waals surface area contributed by atoms with E-state index in [0.29, 0.717) is 24.4 Å². The number of para-hydroxylation sites is 1. The van der Waals surface area contributed by atoms with Gasteiger partial charge in [-0.05, 0) is 25.3 Å². The van der Waals surface area contributed by atoms with Gasteiger partial charge in [0, 0.05) is 23.6 Å². The van der Waals surface area contributed by atoms with Gasteiger partial charge in [-0.1, -0.05) is 24.6 Å². The molecule has 0 aromatic heterocycles. The predicted octanol–water partition coefficient (Wildman–Crippen LogP) is 1.49. The lowest BCUT2D eigenvalue weighted by Crippen LogP contribution is -2.39.